The van der Waals surface area contributed by atoms with Crippen molar-refractivity contribution in [2.24, 2.45) is 0 Å². The molecular weight excluding hydrogens is 252 g/mol. The number of nitrogen functional groups attached to an aromatic ring is 1. The Labute approximate surface area is 110 Å². The maximum atomic E-state index is 5.98. The first-order chi connectivity index (χ1) is 8.65. The van der Waals surface area contributed by atoms with Crippen molar-refractivity contribution in [2.75, 3.05) is 44.0 Å². The van der Waals surface area contributed by atoms with E-state index < -0.39 is 0 Å². The van der Waals surface area contributed by atoms with Crippen LogP contribution in [0.2, 0.25) is 5.02 Å². The Kier molecular flexibility index (Phi) is 2.76. The second kappa shape index (κ2) is 4.29. The number of aromatic nitrogens is 3. The number of imidazole rings is 1. The van der Waals surface area contributed by atoms with E-state index in [2.05, 4.69) is 26.9 Å². The highest BCUT2D eigenvalue weighted by molar-refractivity contribution is 6.31. The lowest BCUT2D eigenvalue weighted by Crippen LogP contribution is -2.50. The van der Waals surface area contributed by atoms with Gasteiger partial charge in [0.05, 0.1) is 5.02 Å². The zero-order chi connectivity index (χ0) is 12.7. The molecule has 1 saturated heterocycles. The Morgan fingerprint density at radius 3 is 2.72 bits per heavy atom. The lowest BCUT2D eigenvalue weighted by molar-refractivity contribution is 0.290. The van der Waals surface area contributed by atoms with E-state index in [0.717, 1.165) is 37.3 Å². The van der Waals surface area contributed by atoms with Gasteiger partial charge in [-0.3, -0.25) is 0 Å². The molecule has 1 aliphatic rings. The third kappa shape index (κ3) is 1.87. The standard InChI is InChI=1S/C11H15ClN6/c1-16-2-4-17(5-3-16)18-10-9(15-11(18)13)6-8(12)7-14-10/h6-7H,2-5H2,1H3,(H2,13,15). The number of pyridine rings is 1. The smallest absolute Gasteiger partial charge is 0.222 e. The molecule has 18 heavy (non-hydrogen) atoms. The summed E-state index contributed by atoms with van der Waals surface area (Å²) >= 11 is 5.91. The molecule has 0 radical (unpaired) electrons. The van der Waals surface area contributed by atoms with E-state index in [0.29, 0.717) is 11.0 Å². The van der Waals surface area contributed by atoms with Gasteiger partial charge < -0.3 is 15.6 Å². The van der Waals surface area contributed by atoms with Crippen molar-refractivity contribution >= 4 is 28.7 Å². The SMILES string of the molecule is CN1CCN(n2c(N)nc3cc(Cl)cnc32)CC1. The van der Waals surface area contributed by atoms with Gasteiger partial charge in [-0.15, -0.1) is 0 Å². The second-order valence-electron chi connectivity index (χ2n) is 4.54. The third-order valence-electron chi connectivity index (χ3n) is 3.23. The minimum absolute atomic E-state index is 0.462. The molecule has 2 aromatic rings. The molecule has 0 spiro atoms. The van der Waals surface area contributed by atoms with Crippen molar-refractivity contribution in [1.82, 2.24) is 19.5 Å². The van der Waals surface area contributed by atoms with Gasteiger partial charge in [-0.1, -0.05) is 11.6 Å². The van der Waals surface area contributed by atoms with Gasteiger partial charge in [0, 0.05) is 32.4 Å². The van der Waals surface area contributed by atoms with Crippen LogP contribution in [0.15, 0.2) is 12.3 Å². The predicted molar refractivity (Wildman–Crippen MR) is 72.4 cm³/mol. The zero-order valence-electron chi connectivity index (χ0n) is 10.2. The summed E-state index contributed by atoms with van der Waals surface area (Å²) in [6, 6.07) is 1.78. The predicted octanol–water partition coefficient (Wildman–Crippen LogP) is 0.550. The maximum Gasteiger partial charge on any atom is 0.222 e. The number of piperazine rings is 1. The van der Waals surface area contributed by atoms with Gasteiger partial charge in [-0.25, -0.2) is 14.6 Å². The van der Waals surface area contributed by atoms with E-state index in [1.807, 2.05) is 4.68 Å². The largest absolute Gasteiger partial charge is 0.368 e. The fourth-order valence-corrected chi connectivity index (χ4v) is 2.37. The zero-order valence-corrected chi connectivity index (χ0v) is 10.9. The van der Waals surface area contributed by atoms with Crippen molar-refractivity contribution in [3.05, 3.63) is 17.3 Å². The van der Waals surface area contributed by atoms with Crippen LogP contribution < -0.4 is 10.7 Å². The number of nitrogens with two attached hydrogens (primary N) is 1. The summed E-state index contributed by atoms with van der Waals surface area (Å²) in [5.41, 5.74) is 7.48. The fraction of sp³-hybridized carbons (Fsp3) is 0.455. The molecule has 6 nitrogen and oxygen atoms in total. The molecule has 1 aliphatic heterocycles. The highest BCUT2D eigenvalue weighted by Crippen LogP contribution is 2.20. The van der Waals surface area contributed by atoms with Gasteiger partial charge in [-0.2, -0.15) is 0 Å². The highest BCUT2D eigenvalue weighted by Gasteiger charge is 2.19. The van der Waals surface area contributed by atoms with Crippen LogP contribution in [0.1, 0.15) is 0 Å². The van der Waals surface area contributed by atoms with Crippen LogP contribution in [0.5, 0.6) is 0 Å². The fourth-order valence-electron chi connectivity index (χ4n) is 2.22. The molecule has 2 N–H and O–H groups in total. The summed E-state index contributed by atoms with van der Waals surface area (Å²) < 4.78 is 1.89. The number of hydrogen-bond acceptors (Lipinski definition) is 5. The molecule has 0 saturated carbocycles. The molecule has 2 aromatic heterocycles. The van der Waals surface area contributed by atoms with Crippen LogP contribution in [0.4, 0.5) is 5.95 Å². The van der Waals surface area contributed by atoms with Crippen LogP contribution in [-0.4, -0.2) is 52.8 Å². The van der Waals surface area contributed by atoms with Crippen LogP contribution in [0.3, 0.4) is 0 Å². The molecule has 0 unspecified atom stereocenters. The lowest BCUT2D eigenvalue weighted by Gasteiger charge is -2.34. The van der Waals surface area contributed by atoms with E-state index in [4.69, 9.17) is 17.3 Å². The molecule has 0 amide bonds. The van der Waals surface area contributed by atoms with E-state index in [9.17, 15) is 0 Å². The summed E-state index contributed by atoms with van der Waals surface area (Å²) in [6.45, 7) is 3.84. The van der Waals surface area contributed by atoms with Gasteiger partial charge in [0.25, 0.3) is 0 Å². The molecule has 7 heteroatoms. The van der Waals surface area contributed by atoms with Gasteiger partial charge in [0.15, 0.2) is 5.65 Å². The monoisotopic (exact) mass is 266 g/mol. The van der Waals surface area contributed by atoms with E-state index >= 15 is 0 Å². The lowest BCUT2D eigenvalue weighted by atomic mass is 10.4. The first-order valence-electron chi connectivity index (χ1n) is 5.88. The number of likely N-dealkylation sites (N-methyl/N-ethyl adjacent to an activating group) is 1. The minimum atomic E-state index is 0.462. The number of anilines is 1. The van der Waals surface area contributed by atoms with Crippen molar-refractivity contribution in [2.45, 2.75) is 0 Å². The summed E-state index contributed by atoms with van der Waals surface area (Å²) in [4.78, 5) is 10.9. The van der Waals surface area contributed by atoms with Crippen LogP contribution in [0, 0.1) is 0 Å². The average Bonchev–Trinajstić information content (AvgIpc) is 2.65. The van der Waals surface area contributed by atoms with Crippen molar-refractivity contribution in [1.29, 1.82) is 0 Å². The maximum absolute atomic E-state index is 5.98. The summed E-state index contributed by atoms with van der Waals surface area (Å²) in [7, 11) is 2.12. The Morgan fingerprint density at radius 1 is 1.28 bits per heavy atom. The first kappa shape index (κ1) is 11.6. The van der Waals surface area contributed by atoms with Crippen LogP contribution >= 0.6 is 11.6 Å². The minimum Gasteiger partial charge on any atom is -0.368 e. The Hall–Kier alpha value is -1.53. The molecule has 3 heterocycles. The number of nitrogens with zero attached hydrogens (tertiary/aromatic N) is 5. The summed E-state index contributed by atoms with van der Waals surface area (Å²) in [5.74, 6) is 0.462. The van der Waals surface area contributed by atoms with Crippen LogP contribution in [-0.2, 0) is 0 Å². The number of hydrogen-bond donors (Lipinski definition) is 1. The number of rotatable bonds is 1. The topological polar surface area (TPSA) is 63.2 Å². The molecule has 0 bridgehead atoms. The Balaban J connectivity index is 2.03. The highest BCUT2D eigenvalue weighted by atomic mass is 35.5. The van der Waals surface area contributed by atoms with Gasteiger partial charge >= 0.3 is 0 Å². The molecular formula is C11H15ClN6. The number of fused-ring (bicyclic) bond motifs is 1. The number of halogens is 1. The van der Waals surface area contributed by atoms with Crippen molar-refractivity contribution in [3.63, 3.8) is 0 Å². The molecule has 0 atom stereocenters. The normalized spacial score (nSPS) is 17.6. The molecule has 1 fully saturated rings. The van der Waals surface area contributed by atoms with Gasteiger partial charge in [0.2, 0.25) is 5.95 Å². The van der Waals surface area contributed by atoms with Crippen LogP contribution in [0.25, 0.3) is 11.2 Å². The molecule has 0 aromatic carbocycles. The second-order valence-corrected chi connectivity index (χ2v) is 4.97. The van der Waals surface area contributed by atoms with E-state index in [-0.39, 0.29) is 0 Å². The third-order valence-corrected chi connectivity index (χ3v) is 3.44. The van der Waals surface area contributed by atoms with Crippen molar-refractivity contribution < 1.29 is 0 Å². The molecule has 3 rings (SSSR count). The quantitative estimate of drug-likeness (QED) is 0.817. The van der Waals surface area contributed by atoms with E-state index in [1.54, 1.807) is 12.3 Å². The average molecular weight is 267 g/mol. The molecule has 0 aliphatic carbocycles. The first-order valence-corrected chi connectivity index (χ1v) is 6.26. The Morgan fingerprint density at radius 2 is 2.00 bits per heavy atom. The van der Waals surface area contributed by atoms with Gasteiger partial charge in [-0.05, 0) is 13.1 Å². The van der Waals surface area contributed by atoms with Gasteiger partial charge in [0.1, 0.15) is 5.52 Å². The van der Waals surface area contributed by atoms with E-state index in [1.165, 1.54) is 0 Å². The van der Waals surface area contributed by atoms with Crippen molar-refractivity contribution in [3.8, 4) is 0 Å². The Bertz CT molecular complexity index is 572. The molecule has 96 valence electrons. The summed E-state index contributed by atoms with van der Waals surface area (Å²) in [6.07, 6.45) is 1.62. The summed E-state index contributed by atoms with van der Waals surface area (Å²) in [5, 5.41) is 2.75.